The van der Waals surface area contributed by atoms with Crippen molar-refractivity contribution in [1.29, 1.82) is 0 Å². The molecule has 0 bridgehead atoms. The zero-order valence-corrected chi connectivity index (χ0v) is 56.1. The van der Waals surface area contributed by atoms with Crippen LogP contribution in [0, 0.1) is 0 Å². The Kier molecular flexibility index (Phi) is 62.2. The van der Waals surface area contributed by atoms with Crippen molar-refractivity contribution in [3.05, 3.63) is 48.6 Å². The molecular formula is C76H143NO8. The van der Waals surface area contributed by atoms with Gasteiger partial charge in [0.25, 0.3) is 0 Å². The summed E-state index contributed by atoms with van der Waals surface area (Å²) in [5.41, 5.74) is 0. The summed E-state index contributed by atoms with van der Waals surface area (Å²) in [5, 5.41) is 55.0. The molecule has 85 heavy (non-hydrogen) atoms. The average Bonchev–Trinajstić information content (AvgIpc) is 3.56. The Morgan fingerprint density at radius 1 is 0.412 bits per heavy atom. The third-order valence-corrected chi connectivity index (χ3v) is 17.9. The SMILES string of the molecule is CC/C=C\C/C=C\C/C=C\C/C=C\CCCCCCCCCCCCCCCCCCC(=O)NC(COC1OC(CO)C(O)C(O)C1O)C(O)CCCCCCCCCCCCCCCCCCCCCCCCCCCCCCCCCCC. The van der Waals surface area contributed by atoms with Crippen LogP contribution in [0.25, 0.3) is 0 Å². The van der Waals surface area contributed by atoms with E-state index in [4.69, 9.17) is 9.47 Å². The summed E-state index contributed by atoms with van der Waals surface area (Å²) in [7, 11) is 0. The Morgan fingerprint density at radius 2 is 0.729 bits per heavy atom. The lowest BCUT2D eigenvalue weighted by atomic mass is 9.99. The van der Waals surface area contributed by atoms with E-state index in [0.717, 1.165) is 64.2 Å². The molecule has 1 amide bonds. The van der Waals surface area contributed by atoms with Gasteiger partial charge in [0.05, 0.1) is 25.4 Å². The Hall–Kier alpha value is -1.85. The van der Waals surface area contributed by atoms with Gasteiger partial charge in [-0.2, -0.15) is 0 Å². The number of nitrogens with one attached hydrogen (secondary N) is 1. The molecule has 1 aliphatic rings. The summed E-state index contributed by atoms with van der Waals surface area (Å²) in [6.45, 7) is 3.78. The second kappa shape index (κ2) is 65.1. The molecule has 1 heterocycles. The van der Waals surface area contributed by atoms with Crippen molar-refractivity contribution in [2.75, 3.05) is 13.2 Å². The topological polar surface area (TPSA) is 149 Å². The van der Waals surface area contributed by atoms with Gasteiger partial charge in [0.2, 0.25) is 5.91 Å². The van der Waals surface area contributed by atoms with Gasteiger partial charge in [-0.3, -0.25) is 4.79 Å². The molecule has 0 aromatic carbocycles. The number of allylic oxidation sites excluding steroid dienone is 8. The molecule has 6 N–H and O–H groups in total. The number of rotatable bonds is 66. The first-order chi connectivity index (χ1) is 41.8. The minimum Gasteiger partial charge on any atom is -0.394 e. The van der Waals surface area contributed by atoms with Gasteiger partial charge in [0, 0.05) is 6.42 Å². The Labute approximate surface area is 526 Å². The molecule has 7 unspecified atom stereocenters. The second-order valence-electron chi connectivity index (χ2n) is 26.1. The summed E-state index contributed by atoms with van der Waals surface area (Å²) in [6, 6.07) is -0.722. The molecule has 1 fully saturated rings. The molecule has 0 aromatic rings. The van der Waals surface area contributed by atoms with Gasteiger partial charge in [-0.15, -0.1) is 0 Å². The number of hydrogen-bond donors (Lipinski definition) is 6. The fourth-order valence-electron chi connectivity index (χ4n) is 12.2. The number of amides is 1. The maximum Gasteiger partial charge on any atom is 0.220 e. The third-order valence-electron chi connectivity index (χ3n) is 17.9. The van der Waals surface area contributed by atoms with Gasteiger partial charge >= 0.3 is 0 Å². The highest BCUT2D eigenvalue weighted by molar-refractivity contribution is 5.76. The number of hydrogen-bond acceptors (Lipinski definition) is 8. The van der Waals surface area contributed by atoms with E-state index in [0.29, 0.717) is 12.8 Å². The largest absolute Gasteiger partial charge is 0.394 e. The monoisotopic (exact) mass is 1200 g/mol. The van der Waals surface area contributed by atoms with Crippen LogP contribution < -0.4 is 5.32 Å². The van der Waals surface area contributed by atoms with Gasteiger partial charge in [0.15, 0.2) is 6.29 Å². The van der Waals surface area contributed by atoms with Crippen LogP contribution >= 0.6 is 0 Å². The number of aliphatic hydroxyl groups excluding tert-OH is 5. The average molecular weight is 1200 g/mol. The Morgan fingerprint density at radius 3 is 1.08 bits per heavy atom. The molecule has 9 nitrogen and oxygen atoms in total. The maximum absolute atomic E-state index is 13.2. The Balaban J connectivity index is 2.08. The minimum absolute atomic E-state index is 0.135. The van der Waals surface area contributed by atoms with E-state index in [-0.39, 0.29) is 12.5 Å². The Bertz CT molecular complexity index is 1480. The summed E-state index contributed by atoms with van der Waals surface area (Å²) in [4.78, 5) is 13.2. The molecule has 7 atom stereocenters. The molecule has 0 radical (unpaired) electrons. The third kappa shape index (κ3) is 53.7. The van der Waals surface area contributed by atoms with Crippen LogP contribution in [0.1, 0.15) is 373 Å². The van der Waals surface area contributed by atoms with E-state index < -0.39 is 49.5 Å². The first-order valence-electron chi connectivity index (χ1n) is 37.3. The van der Waals surface area contributed by atoms with Crippen molar-refractivity contribution >= 4 is 5.91 Å². The highest BCUT2D eigenvalue weighted by Crippen LogP contribution is 2.24. The summed E-state index contributed by atoms with van der Waals surface area (Å²) in [6.07, 6.45) is 82.0. The maximum atomic E-state index is 13.2. The number of aliphatic hydroxyl groups is 5. The molecule has 1 saturated heterocycles. The van der Waals surface area contributed by atoms with Crippen molar-refractivity contribution in [1.82, 2.24) is 5.32 Å². The first kappa shape index (κ1) is 81.2. The van der Waals surface area contributed by atoms with Gasteiger partial charge in [-0.05, 0) is 51.4 Å². The molecule has 1 rings (SSSR count). The fraction of sp³-hybridized carbons (Fsp3) is 0.882. The van der Waals surface area contributed by atoms with Crippen LogP contribution in [0.5, 0.6) is 0 Å². The minimum atomic E-state index is -1.56. The van der Waals surface area contributed by atoms with E-state index in [2.05, 4.69) is 67.8 Å². The van der Waals surface area contributed by atoms with E-state index >= 15 is 0 Å². The van der Waals surface area contributed by atoms with E-state index in [1.165, 1.54) is 283 Å². The van der Waals surface area contributed by atoms with Crippen LogP contribution in [-0.4, -0.2) is 87.5 Å². The van der Waals surface area contributed by atoms with Crippen molar-refractivity contribution in [3.8, 4) is 0 Å². The number of carbonyl (C=O) groups is 1. The van der Waals surface area contributed by atoms with Crippen molar-refractivity contribution in [2.24, 2.45) is 0 Å². The predicted molar refractivity (Wildman–Crippen MR) is 364 cm³/mol. The fourth-order valence-corrected chi connectivity index (χ4v) is 12.2. The van der Waals surface area contributed by atoms with Gasteiger partial charge in [-0.1, -0.05) is 364 Å². The predicted octanol–water partition coefficient (Wildman–Crippen LogP) is 20.8. The van der Waals surface area contributed by atoms with Crippen molar-refractivity contribution in [3.63, 3.8) is 0 Å². The number of ether oxygens (including phenoxy) is 2. The van der Waals surface area contributed by atoms with Crippen LogP contribution in [-0.2, 0) is 14.3 Å². The van der Waals surface area contributed by atoms with Crippen LogP contribution in [0.2, 0.25) is 0 Å². The van der Waals surface area contributed by atoms with Gasteiger partial charge in [-0.25, -0.2) is 0 Å². The molecule has 500 valence electrons. The lowest BCUT2D eigenvalue weighted by Gasteiger charge is -2.40. The van der Waals surface area contributed by atoms with Crippen molar-refractivity contribution in [2.45, 2.75) is 416 Å². The zero-order chi connectivity index (χ0) is 61.4. The van der Waals surface area contributed by atoms with Crippen LogP contribution in [0.3, 0.4) is 0 Å². The first-order valence-corrected chi connectivity index (χ1v) is 37.3. The van der Waals surface area contributed by atoms with E-state index in [1.54, 1.807) is 0 Å². The zero-order valence-electron chi connectivity index (χ0n) is 56.1. The molecule has 0 aliphatic carbocycles. The summed E-state index contributed by atoms with van der Waals surface area (Å²) in [5.74, 6) is -0.139. The highest BCUT2D eigenvalue weighted by Gasteiger charge is 2.44. The molecule has 9 heteroatoms. The van der Waals surface area contributed by atoms with Crippen molar-refractivity contribution < 1.29 is 39.8 Å². The molecule has 0 saturated carbocycles. The molecule has 1 aliphatic heterocycles. The molecular weight excluding hydrogens is 1050 g/mol. The van der Waals surface area contributed by atoms with Gasteiger partial charge < -0.3 is 40.3 Å². The van der Waals surface area contributed by atoms with Gasteiger partial charge in [0.1, 0.15) is 24.4 Å². The standard InChI is InChI=1S/C76H143NO8/c1-3-5-7-9-11-13-15-17-19-21-23-25-27-29-31-33-34-35-36-38-39-41-43-45-47-49-51-53-55-57-59-61-63-65-70(79)69(68-84-76-75(83)74(82)73(81)71(67-78)85-76)77-72(80)66-64-62-60-58-56-54-52-50-48-46-44-42-40-37-32-30-28-26-24-22-20-18-16-14-12-10-8-6-4-2/h6,8,12,14,18,20,24,26,69-71,73-76,78-79,81-83H,3-5,7,9-11,13,15-17,19,21-23,25,27-68H2,1-2H3,(H,77,80)/b8-6-,14-12-,20-18-,26-24-. The summed E-state index contributed by atoms with van der Waals surface area (Å²) >= 11 is 0. The number of carbonyl (C=O) groups excluding carboxylic acids is 1. The summed E-state index contributed by atoms with van der Waals surface area (Å²) < 4.78 is 11.4. The highest BCUT2D eigenvalue weighted by atomic mass is 16.7. The van der Waals surface area contributed by atoms with E-state index in [1.807, 2.05) is 0 Å². The molecule has 0 spiro atoms. The number of unbranched alkanes of at least 4 members (excludes halogenated alkanes) is 48. The van der Waals surface area contributed by atoms with Crippen LogP contribution in [0.4, 0.5) is 0 Å². The normalized spacial score (nSPS) is 18.3. The lowest BCUT2D eigenvalue weighted by Crippen LogP contribution is -2.60. The second-order valence-corrected chi connectivity index (χ2v) is 26.1. The lowest BCUT2D eigenvalue weighted by molar-refractivity contribution is -0.302. The smallest absolute Gasteiger partial charge is 0.220 e. The van der Waals surface area contributed by atoms with E-state index in [9.17, 15) is 30.3 Å². The van der Waals surface area contributed by atoms with Crippen LogP contribution in [0.15, 0.2) is 48.6 Å². The molecule has 0 aromatic heterocycles. The quantitative estimate of drug-likeness (QED) is 0.0261.